The van der Waals surface area contributed by atoms with Crippen molar-refractivity contribution in [2.45, 2.75) is 44.8 Å². The molecule has 0 bridgehead atoms. The normalized spacial score (nSPS) is 22.2. The molecule has 3 aromatic heterocycles. The number of carbonyl (C=O) groups excluding carboxylic acids is 1. The lowest BCUT2D eigenvalue weighted by Crippen LogP contribution is -2.39. The Morgan fingerprint density at radius 1 is 1.29 bits per heavy atom. The second kappa shape index (κ2) is 9.46. The van der Waals surface area contributed by atoms with Gasteiger partial charge in [0.2, 0.25) is 0 Å². The van der Waals surface area contributed by atoms with Crippen molar-refractivity contribution in [1.82, 2.24) is 30.4 Å². The Morgan fingerprint density at radius 2 is 2.15 bits per heavy atom. The molecule has 1 amide bonds. The van der Waals surface area contributed by atoms with Crippen LogP contribution in [0.1, 0.15) is 35.1 Å². The Hall–Kier alpha value is -2.78. The number of anilines is 1. The molecule has 3 unspecified atom stereocenters. The number of alkyl halides is 1. The molecule has 3 aromatic rings. The molecule has 2 aliphatic rings. The highest BCUT2D eigenvalue weighted by atomic mass is 35.5. The van der Waals surface area contributed by atoms with E-state index in [1.165, 1.54) is 0 Å². The Bertz CT molecular complexity index is 1200. The summed E-state index contributed by atoms with van der Waals surface area (Å²) in [5.74, 6) is 0.636. The monoisotopic (exact) mass is 485 g/mol. The van der Waals surface area contributed by atoms with E-state index in [2.05, 4.69) is 31.8 Å². The van der Waals surface area contributed by atoms with Gasteiger partial charge in [-0.2, -0.15) is 0 Å². The molecule has 34 heavy (non-hydrogen) atoms. The maximum Gasteiger partial charge on any atom is 0.272 e. The number of rotatable bonds is 6. The first-order valence-electron chi connectivity index (χ1n) is 11.8. The predicted octanol–water partition coefficient (Wildman–Crippen LogP) is 2.78. The van der Waals surface area contributed by atoms with Gasteiger partial charge >= 0.3 is 0 Å². The lowest BCUT2D eigenvalue weighted by Gasteiger charge is -2.26. The third kappa shape index (κ3) is 4.22. The van der Waals surface area contributed by atoms with E-state index in [0.29, 0.717) is 23.6 Å². The molecule has 1 aliphatic heterocycles. The smallest absolute Gasteiger partial charge is 0.272 e. The van der Waals surface area contributed by atoms with Crippen molar-refractivity contribution in [3.8, 4) is 0 Å². The fourth-order valence-corrected chi connectivity index (χ4v) is 5.35. The van der Waals surface area contributed by atoms with E-state index in [0.717, 1.165) is 48.4 Å². The van der Waals surface area contributed by atoms with Gasteiger partial charge in [0.1, 0.15) is 5.82 Å². The van der Waals surface area contributed by atoms with Crippen LogP contribution in [0.2, 0.25) is 5.02 Å². The van der Waals surface area contributed by atoms with E-state index in [-0.39, 0.29) is 36.3 Å². The fourth-order valence-electron chi connectivity index (χ4n) is 5.09. The SMILES string of the molecule is CCn1cc(Cl)c2cc(C(=O)NC3CCc4nc(N5CC(CF)C(NC)C5)ccc4C3)nnc21. The molecule has 180 valence electrons. The number of pyridine rings is 1. The number of aromatic nitrogens is 4. The fraction of sp³-hybridized carbons (Fsp3) is 0.500. The average Bonchev–Trinajstić information content (AvgIpc) is 3.43. The number of halogens is 2. The van der Waals surface area contributed by atoms with E-state index in [4.69, 9.17) is 16.6 Å². The van der Waals surface area contributed by atoms with Gasteiger partial charge in [0, 0.05) is 54.9 Å². The summed E-state index contributed by atoms with van der Waals surface area (Å²) in [6, 6.07) is 5.94. The van der Waals surface area contributed by atoms with E-state index >= 15 is 0 Å². The molecule has 1 saturated heterocycles. The Labute approximate surface area is 202 Å². The van der Waals surface area contributed by atoms with Crippen LogP contribution in [0.5, 0.6) is 0 Å². The molecule has 1 aliphatic carbocycles. The van der Waals surface area contributed by atoms with E-state index < -0.39 is 0 Å². The zero-order chi connectivity index (χ0) is 23.8. The van der Waals surface area contributed by atoms with Gasteiger partial charge < -0.3 is 20.1 Å². The van der Waals surface area contributed by atoms with Crippen LogP contribution in [0, 0.1) is 5.92 Å². The number of hydrogen-bond acceptors (Lipinski definition) is 6. The number of amides is 1. The Morgan fingerprint density at radius 3 is 2.88 bits per heavy atom. The van der Waals surface area contributed by atoms with Crippen LogP contribution in [-0.2, 0) is 19.4 Å². The molecule has 2 N–H and O–H groups in total. The Balaban J connectivity index is 1.26. The minimum Gasteiger partial charge on any atom is -0.355 e. The quantitative estimate of drug-likeness (QED) is 0.558. The predicted molar refractivity (Wildman–Crippen MR) is 130 cm³/mol. The van der Waals surface area contributed by atoms with Gasteiger partial charge in [0.15, 0.2) is 11.3 Å². The van der Waals surface area contributed by atoms with Crippen LogP contribution >= 0.6 is 11.6 Å². The molecule has 3 atom stereocenters. The minimum atomic E-state index is -0.331. The third-order valence-electron chi connectivity index (χ3n) is 7.07. The summed E-state index contributed by atoms with van der Waals surface area (Å²) in [6.07, 6.45) is 4.09. The molecule has 4 heterocycles. The summed E-state index contributed by atoms with van der Waals surface area (Å²) in [4.78, 5) is 19.9. The van der Waals surface area contributed by atoms with Crippen LogP contribution in [0.4, 0.5) is 10.2 Å². The zero-order valence-corrected chi connectivity index (χ0v) is 20.1. The second-order valence-corrected chi connectivity index (χ2v) is 9.54. The number of nitrogens with zero attached hydrogens (tertiary/aromatic N) is 5. The molecule has 0 saturated carbocycles. The molecule has 5 rings (SSSR count). The first-order chi connectivity index (χ1) is 16.5. The number of nitrogens with one attached hydrogen (secondary N) is 2. The second-order valence-electron chi connectivity index (χ2n) is 9.13. The standard InChI is InChI=1S/C24H29ClFN7O/c1-3-32-12-18(25)17-9-20(30-31-23(17)32)24(34)28-16-5-6-19-14(8-16)4-7-22(29-19)33-11-15(10-26)21(13-33)27-2/h4,7,9,12,15-16,21,27H,3,5-6,8,10-11,13H2,1-2H3,(H,28,34). The summed E-state index contributed by atoms with van der Waals surface area (Å²) < 4.78 is 15.3. The molecular weight excluding hydrogens is 457 g/mol. The molecule has 8 nitrogen and oxygen atoms in total. The van der Waals surface area contributed by atoms with E-state index in [9.17, 15) is 9.18 Å². The lowest BCUT2D eigenvalue weighted by atomic mass is 9.91. The lowest BCUT2D eigenvalue weighted by molar-refractivity contribution is 0.0927. The summed E-state index contributed by atoms with van der Waals surface area (Å²) >= 11 is 6.32. The number of likely N-dealkylation sites (N-methyl/N-ethyl adjacent to an activating group) is 1. The van der Waals surface area contributed by atoms with Crippen molar-refractivity contribution in [3.05, 3.63) is 46.4 Å². The largest absolute Gasteiger partial charge is 0.355 e. The third-order valence-corrected chi connectivity index (χ3v) is 7.37. The highest BCUT2D eigenvalue weighted by Crippen LogP contribution is 2.28. The molecule has 0 radical (unpaired) electrons. The van der Waals surface area contributed by atoms with Crippen molar-refractivity contribution in [2.75, 3.05) is 31.7 Å². The van der Waals surface area contributed by atoms with Gasteiger partial charge in [-0.05, 0) is 50.9 Å². The maximum atomic E-state index is 13.3. The van der Waals surface area contributed by atoms with Gasteiger partial charge in [-0.25, -0.2) is 4.98 Å². The van der Waals surface area contributed by atoms with Crippen LogP contribution in [0.15, 0.2) is 24.4 Å². The number of fused-ring (bicyclic) bond motifs is 2. The minimum absolute atomic E-state index is 0.00256. The maximum absolute atomic E-state index is 13.3. The average molecular weight is 486 g/mol. The van der Waals surface area contributed by atoms with Gasteiger partial charge in [-0.1, -0.05) is 17.7 Å². The first kappa shape index (κ1) is 23.0. The number of carbonyl (C=O) groups is 1. The first-order valence-corrected chi connectivity index (χ1v) is 12.2. The van der Waals surface area contributed by atoms with E-state index in [1.54, 1.807) is 12.3 Å². The van der Waals surface area contributed by atoms with Crippen LogP contribution in [0.3, 0.4) is 0 Å². The molecular formula is C24H29ClFN7O. The summed E-state index contributed by atoms with van der Waals surface area (Å²) in [7, 11) is 1.88. The van der Waals surface area contributed by atoms with Crippen molar-refractivity contribution >= 4 is 34.4 Å². The molecule has 10 heteroatoms. The van der Waals surface area contributed by atoms with Crippen LogP contribution in [0.25, 0.3) is 11.0 Å². The summed E-state index contributed by atoms with van der Waals surface area (Å²) in [6.45, 7) is 3.82. The van der Waals surface area contributed by atoms with Crippen molar-refractivity contribution < 1.29 is 9.18 Å². The topological polar surface area (TPSA) is 88.0 Å². The number of aryl methyl sites for hydroxylation is 2. The highest BCUT2D eigenvalue weighted by Gasteiger charge is 2.33. The van der Waals surface area contributed by atoms with Crippen molar-refractivity contribution in [2.24, 2.45) is 5.92 Å². The zero-order valence-electron chi connectivity index (χ0n) is 19.4. The van der Waals surface area contributed by atoms with Crippen LogP contribution < -0.4 is 15.5 Å². The van der Waals surface area contributed by atoms with Crippen molar-refractivity contribution in [3.63, 3.8) is 0 Å². The van der Waals surface area contributed by atoms with Gasteiger partial charge in [-0.15, -0.1) is 10.2 Å². The summed E-state index contributed by atoms with van der Waals surface area (Å²) in [5.41, 5.74) is 3.13. The van der Waals surface area contributed by atoms with Gasteiger partial charge in [-0.3, -0.25) is 9.18 Å². The highest BCUT2D eigenvalue weighted by molar-refractivity contribution is 6.35. The van der Waals surface area contributed by atoms with Gasteiger partial charge in [0.05, 0.1) is 11.7 Å². The van der Waals surface area contributed by atoms with E-state index in [1.807, 2.05) is 24.6 Å². The molecule has 0 aromatic carbocycles. The summed E-state index contributed by atoms with van der Waals surface area (Å²) in [5, 5.41) is 15.9. The van der Waals surface area contributed by atoms with Crippen LogP contribution in [-0.4, -0.2) is 64.6 Å². The Kier molecular flexibility index (Phi) is 6.40. The van der Waals surface area contributed by atoms with Gasteiger partial charge in [0.25, 0.3) is 5.91 Å². The molecule has 1 fully saturated rings. The van der Waals surface area contributed by atoms with Crippen molar-refractivity contribution in [1.29, 1.82) is 0 Å². The molecule has 0 spiro atoms. The number of hydrogen-bond donors (Lipinski definition) is 2.